The lowest BCUT2D eigenvalue weighted by molar-refractivity contribution is -0.243. The van der Waals surface area contributed by atoms with Gasteiger partial charge in [-0.1, -0.05) is 39.3 Å². The maximum Gasteiger partial charge on any atom is 0.310 e. The first-order valence-electron chi connectivity index (χ1n) is 14.2. The molecule has 0 spiro atoms. The highest BCUT2D eigenvalue weighted by molar-refractivity contribution is 5.79. The van der Waals surface area contributed by atoms with Crippen LogP contribution in [-0.4, -0.2) is 56.3 Å². The summed E-state index contributed by atoms with van der Waals surface area (Å²) in [5.74, 6) is -1.67. The Morgan fingerprint density at radius 3 is 2.14 bits per heavy atom. The van der Waals surface area contributed by atoms with Gasteiger partial charge in [-0.15, -0.1) is 0 Å². The SMILES string of the molecule is CC1(C(=O)O)CC[C@]2(C(=O)O)CC[C@]3(C)C(=CC[C@@H]4[C@@]5(C)C[C@@H](O)[C@H](O)C(C)(CO)C5CC[C@]43C)[C@H]2C1. The Kier molecular flexibility index (Phi) is 5.90. The van der Waals surface area contributed by atoms with Gasteiger partial charge in [-0.25, -0.2) is 0 Å². The second-order valence-corrected chi connectivity index (χ2v) is 14.8. The smallest absolute Gasteiger partial charge is 0.310 e. The second-order valence-electron chi connectivity index (χ2n) is 14.8. The number of carbonyl (C=O) groups is 2. The number of rotatable bonds is 3. The lowest BCUT2D eigenvalue weighted by Crippen LogP contribution is -2.68. The summed E-state index contributed by atoms with van der Waals surface area (Å²) >= 11 is 0. The average molecular weight is 519 g/mol. The van der Waals surface area contributed by atoms with Crippen LogP contribution in [0.3, 0.4) is 0 Å². The predicted molar refractivity (Wildman–Crippen MR) is 137 cm³/mol. The van der Waals surface area contributed by atoms with Crippen LogP contribution in [-0.2, 0) is 9.59 Å². The molecule has 0 radical (unpaired) electrons. The van der Waals surface area contributed by atoms with Crippen LogP contribution in [0.1, 0.15) is 92.4 Å². The molecular weight excluding hydrogens is 472 g/mol. The molecule has 0 bridgehead atoms. The van der Waals surface area contributed by atoms with Gasteiger partial charge in [-0.05, 0) is 98.7 Å². The van der Waals surface area contributed by atoms with Crippen molar-refractivity contribution in [3.63, 3.8) is 0 Å². The Labute approximate surface area is 220 Å². The molecule has 5 aliphatic carbocycles. The van der Waals surface area contributed by atoms with Gasteiger partial charge in [0.05, 0.1) is 29.6 Å². The van der Waals surface area contributed by atoms with Gasteiger partial charge in [0.25, 0.3) is 0 Å². The van der Waals surface area contributed by atoms with Gasteiger partial charge >= 0.3 is 11.9 Å². The minimum absolute atomic E-state index is 0.0618. The molecule has 5 N–H and O–H groups in total. The monoisotopic (exact) mass is 518 g/mol. The third-order valence-electron chi connectivity index (χ3n) is 13.4. The fraction of sp³-hybridized carbons (Fsp3) is 0.867. The first-order chi connectivity index (χ1) is 17.1. The maximum atomic E-state index is 12.8. The van der Waals surface area contributed by atoms with Crippen LogP contribution in [0, 0.1) is 50.2 Å². The van der Waals surface area contributed by atoms with Crippen molar-refractivity contribution in [2.75, 3.05) is 6.61 Å². The quantitative estimate of drug-likeness (QED) is 0.353. The Morgan fingerprint density at radius 1 is 0.892 bits per heavy atom. The number of hydrogen-bond acceptors (Lipinski definition) is 5. The molecule has 5 rings (SSSR count). The highest BCUT2D eigenvalue weighted by Crippen LogP contribution is 2.75. The van der Waals surface area contributed by atoms with Crippen molar-refractivity contribution in [3.8, 4) is 0 Å². The maximum absolute atomic E-state index is 12.8. The van der Waals surface area contributed by atoms with Gasteiger partial charge in [0, 0.05) is 5.41 Å². The largest absolute Gasteiger partial charge is 0.481 e. The molecule has 37 heavy (non-hydrogen) atoms. The van der Waals surface area contributed by atoms with Crippen LogP contribution in [0.15, 0.2) is 11.6 Å². The zero-order valence-electron chi connectivity index (χ0n) is 23.1. The summed E-state index contributed by atoms with van der Waals surface area (Å²) in [6.07, 6.45) is 5.76. The normalized spacial score (nSPS) is 55.1. The summed E-state index contributed by atoms with van der Waals surface area (Å²) < 4.78 is 0. The number of hydrogen-bond donors (Lipinski definition) is 5. The Morgan fingerprint density at radius 2 is 1.54 bits per heavy atom. The molecule has 7 nitrogen and oxygen atoms in total. The van der Waals surface area contributed by atoms with Crippen LogP contribution >= 0.6 is 0 Å². The third-order valence-corrected chi connectivity index (χ3v) is 13.4. The van der Waals surface area contributed by atoms with Crippen molar-refractivity contribution in [1.29, 1.82) is 0 Å². The van der Waals surface area contributed by atoms with Gasteiger partial charge < -0.3 is 25.5 Å². The fourth-order valence-electron chi connectivity index (χ4n) is 10.8. The molecule has 5 aliphatic rings. The molecule has 208 valence electrons. The third kappa shape index (κ3) is 3.17. The van der Waals surface area contributed by atoms with E-state index in [0.29, 0.717) is 32.1 Å². The van der Waals surface area contributed by atoms with Crippen LogP contribution in [0.2, 0.25) is 0 Å². The van der Waals surface area contributed by atoms with E-state index in [2.05, 4.69) is 26.8 Å². The Balaban J connectivity index is 1.61. The Bertz CT molecular complexity index is 1040. The van der Waals surface area contributed by atoms with Crippen molar-refractivity contribution in [2.45, 2.75) is 105 Å². The van der Waals surface area contributed by atoms with Crippen LogP contribution < -0.4 is 0 Å². The number of carboxylic acids is 2. The first-order valence-corrected chi connectivity index (χ1v) is 14.2. The summed E-state index contributed by atoms with van der Waals surface area (Å²) in [7, 11) is 0. The number of fused-ring (bicyclic) bond motifs is 7. The summed E-state index contributed by atoms with van der Waals surface area (Å²) in [5.41, 5.74) is -2.21. The minimum Gasteiger partial charge on any atom is -0.481 e. The van der Waals surface area contributed by atoms with Crippen molar-refractivity contribution in [1.82, 2.24) is 0 Å². The average Bonchev–Trinajstić information content (AvgIpc) is 2.82. The summed E-state index contributed by atoms with van der Waals surface area (Å²) in [5, 5.41) is 52.9. The van der Waals surface area contributed by atoms with E-state index in [-0.39, 0.29) is 40.6 Å². The number of allylic oxidation sites excluding steroid dienone is 2. The molecule has 3 unspecified atom stereocenters. The van der Waals surface area contributed by atoms with Crippen LogP contribution in [0.25, 0.3) is 0 Å². The number of aliphatic hydroxyl groups is 3. The highest BCUT2D eigenvalue weighted by atomic mass is 16.4. The van der Waals surface area contributed by atoms with E-state index in [1.165, 1.54) is 0 Å². The zero-order chi connectivity index (χ0) is 27.4. The Hall–Kier alpha value is -1.44. The molecule has 0 heterocycles. The van der Waals surface area contributed by atoms with Crippen molar-refractivity contribution >= 4 is 11.9 Å². The number of carboxylic acid groups (broad SMARTS) is 2. The lowest BCUT2D eigenvalue weighted by Gasteiger charge is -2.71. The van der Waals surface area contributed by atoms with Crippen molar-refractivity contribution < 1.29 is 35.1 Å². The first kappa shape index (κ1) is 27.1. The van der Waals surface area contributed by atoms with E-state index in [4.69, 9.17) is 0 Å². The molecule has 0 aromatic heterocycles. The minimum atomic E-state index is -0.966. The van der Waals surface area contributed by atoms with Gasteiger partial charge in [0.2, 0.25) is 0 Å². The highest BCUT2D eigenvalue weighted by Gasteiger charge is 2.71. The molecule has 7 heteroatoms. The van der Waals surface area contributed by atoms with E-state index >= 15 is 0 Å². The molecule has 0 aromatic rings. The van der Waals surface area contributed by atoms with E-state index in [0.717, 1.165) is 31.3 Å². The molecule has 4 fully saturated rings. The molecule has 0 aromatic carbocycles. The van der Waals surface area contributed by atoms with Crippen molar-refractivity contribution in [2.24, 2.45) is 50.2 Å². The van der Waals surface area contributed by atoms with Gasteiger partial charge in [0.15, 0.2) is 0 Å². The van der Waals surface area contributed by atoms with Crippen LogP contribution in [0.5, 0.6) is 0 Å². The van der Waals surface area contributed by atoms with E-state index in [9.17, 15) is 35.1 Å². The molecule has 4 saturated carbocycles. The topological polar surface area (TPSA) is 135 Å². The standard InChI is InChI=1S/C30H46O7/c1-25(23(34)35)10-12-30(24(36)37)13-11-28(4)17(18(30)14-25)6-7-21-26(2)15-19(32)22(33)27(3,16-31)20(26)8-9-29(21,28)5/h6,18-22,31-33H,7-16H2,1-5H3,(H,34,35)(H,36,37)/t18-,19-,20?,21-,22+,25?,26+,27?,28-,29-,30+/m1/s1. The van der Waals surface area contributed by atoms with E-state index in [1.54, 1.807) is 6.92 Å². The summed E-state index contributed by atoms with van der Waals surface area (Å²) in [6, 6.07) is 0. The predicted octanol–water partition coefficient (Wildman–Crippen LogP) is 4.24. The number of aliphatic hydroxyl groups excluding tert-OH is 3. The molecule has 0 saturated heterocycles. The van der Waals surface area contributed by atoms with Crippen molar-refractivity contribution in [3.05, 3.63) is 11.6 Å². The van der Waals surface area contributed by atoms with Crippen LogP contribution in [0.4, 0.5) is 0 Å². The molecule has 0 aliphatic heterocycles. The molecule has 11 atom stereocenters. The van der Waals surface area contributed by atoms with Gasteiger partial charge in [-0.3, -0.25) is 9.59 Å². The van der Waals surface area contributed by atoms with Gasteiger partial charge in [-0.2, -0.15) is 0 Å². The fourth-order valence-corrected chi connectivity index (χ4v) is 10.8. The van der Waals surface area contributed by atoms with Gasteiger partial charge in [0.1, 0.15) is 0 Å². The summed E-state index contributed by atoms with van der Waals surface area (Å²) in [4.78, 5) is 25.1. The van der Waals surface area contributed by atoms with E-state index < -0.39 is 40.4 Å². The summed E-state index contributed by atoms with van der Waals surface area (Å²) in [6.45, 7) is 10.4. The second kappa shape index (κ2) is 8.04. The van der Waals surface area contributed by atoms with E-state index in [1.807, 2.05) is 6.92 Å². The number of aliphatic carboxylic acids is 2. The molecular formula is C30H46O7. The lowest BCUT2D eigenvalue weighted by atomic mass is 9.33. The molecule has 0 amide bonds. The zero-order valence-corrected chi connectivity index (χ0v) is 23.1.